The van der Waals surface area contributed by atoms with Crippen LogP contribution in [0, 0.1) is 0 Å². The van der Waals surface area contributed by atoms with Crippen LogP contribution in [-0.4, -0.2) is 65.3 Å². The molecular weight excluding hydrogens is 318 g/mol. The minimum atomic E-state index is 0.0471. The minimum Gasteiger partial charge on any atom is -0.421 e. The summed E-state index contributed by atoms with van der Waals surface area (Å²) in [5.41, 5.74) is 0.938. The maximum absolute atomic E-state index is 11.9. The van der Waals surface area contributed by atoms with E-state index in [2.05, 4.69) is 27.3 Å². The Morgan fingerprint density at radius 3 is 2.64 bits per heavy atom. The number of carbonyl (C=O) groups is 1. The van der Waals surface area contributed by atoms with Crippen molar-refractivity contribution in [1.82, 2.24) is 25.3 Å². The molecule has 25 heavy (non-hydrogen) atoms. The van der Waals surface area contributed by atoms with Crippen LogP contribution in [0.5, 0.6) is 0 Å². The van der Waals surface area contributed by atoms with Crippen LogP contribution in [0.15, 0.2) is 34.7 Å². The second-order valence-corrected chi connectivity index (χ2v) is 6.18. The molecule has 2 heterocycles. The standard InChI is InChI=1S/C18H25N5O2/c1-2-9-19-18(24)23-13-11-22(12-14-23)10-8-16-20-21-17(25-16)15-6-4-3-5-7-15/h3-7H,2,8-14H2,1H3,(H,19,24). The fourth-order valence-corrected chi connectivity index (χ4v) is 2.82. The van der Waals surface area contributed by atoms with Crippen LogP contribution in [0.1, 0.15) is 19.2 Å². The van der Waals surface area contributed by atoms with E-state index in [9.17, 15) is 4.79 Å². The summed E-state index contributed by atoms with van der Waals surface area (Å²) in [4.78, 5) is 16.2. The molecular formula is C18H25N5O2. The molecule has 2 aromatic rings. The summed E-state index contributed by atoms with van der Waals surface area (Å²) >= 11 is 0. The number of hydrogen-bond donors (Lipinski definition) is 1. The Balaban J connectivity index is 1.43. The molecule has 7 nitrogen and oxygen atoms in total. The predicted molar refractivity (Wildman–Crippen MR) is 95.1 cm³/mol. The zero-order valence-electron chi connectivity index (χ0n) is 14.6. The molecule has 1 fully saturated rings. The first kappa shape index (κ1) is 17.4. The average molecular weight is 343 g/mol. The summed E-state index contributed by atoms with van der Waals surface area (Å²) in [7, 11) is 0. The number of carbonyl (C=O) groups excluding carboxylic acids is 1. The van der Waals surface area contributed by atoms with E-state index in [0.717, 1.165) is 57.7 Å². The third kappa shape index (κ3) is 4.79. The van der Waals surface area contributed by atoms with Crippen molar-refractivity contribution in [2.45, 2.75) is 19.8 Å². The molecule has 0 unspecified atom stereocenters. The van der Waals surface area contributed by atoms with Crippen molar-refractivity contribution in [3.8, 4) is 11.5 Å². The summed E-state index contributed by atoms with van der Waals surface area (Å²) in [6, 6.07) is 9.83. The van der Waals surface area contributed by atoms with Crippen molar-refractivity contribution in [3.63, 3.8) is 0 Å². The number of nitrogens with zero attached hydrogens (tertiary/aromatic N) is 4. The van der Waals surface area contributed by atoms with Gasteiger partial charge in [-0.3, -0.25) is 4.90 Å². The summed E-state index contributed by atoms with van der Waals surface area (Å²) in [6.07, 6.45) is 1.68. The van der Waals surface area contributed by atoms with Gasteiger partial charge in [0.15, 0.2) is 0 Å². The van der Waals surface area contributed by atoms with Gasteiger partial charge in [-0.05, 0) is 18.6 Å². The van der Waals surface area contributed by atoms with Gasteiger partial charge in [-0.1, -0.05) is 25.1 Å². The summed E-state index contributed by atoms with van der Waals surface area (Å²) in [6.45, 7) is 6.92. The fraction of sp³-hybridized carbons (Fsp3) is 0.500. The number of urea groups is 1. The van der Waals surface area contributed by atoms with Crippen LogP contribution in [0.4, 0.5) is 4.79 Å². The maximum Gasteiger partial charge on any atom is 0.317 e. The molecule has 1 aliphatic heterocycles. The molecule has 0 bridgehead atoms. The normalized spacial score (nSPS) is 15.3. The molecule has 134 valence electrons. The zero-order chi connectivity index (χ0) is 17.5. The number of aromatic nitrogens is 2. The van der Waals surface area contributed by atoms with E-state index in [4.69, 9.17) is 4.42 Å². The Kier molecular flexibility index (Phi) is 6.00. The van der Waals surface area contributed by atoms with Crippen molar-refractivity contribution in [3.05, 3.63) is 36.2 Å². The van der Waals surface area contributed by atoms with Gasteiger partial charge in [-0.15, -0.1) is 10.2 Å². The van der Waals surface area contributed by atoms with Crippen LogP contribution in [-0.2, 0) is 6.42 Å². The minimum absolute atomic E-state index is 0.0471. The lowest BCUT2D eigenvalue weighted by Gasteiger charge is -2.34. The Morgan fingerprint density at radius 1 is 1.16 bits per heavy atom. The number of amides is 2. The monoisotopic (exact) mass is 343 g/mol. The molecule has 0 saturated carbocycles. The molecule has 2 amide bonds. The summed E-state index contributed by atoms with van der Waals surface area (Å²) < 4.78 is 5.74. The fourth-order valence-electron chi connectivity index (χ4n) is 2.82. The number of nitrogens with one attached hydrogen (secondary N) is 1. The van der Waals surface area contributed by atoms with Crippen LogP contribution >= 0.6 is 0 Å². The number of rotatable bonds is 6. The third-order valence-electron chi connectivity index (χ3n) is 4.32. The Morgan fingerprint density at radius 2 is 1.92 bits per heavy atom. The van der Waals surface area contributed by atoms with Gasteiger partial charge >= 0.3 is 6.03 Å². The quantitative estimate of drug-likeness (QED) is 0.868. The highest BCUT2D eigenvalue weighted by Crippen LogP contribution is 2.17. The Labute approximate surface area is 148 Å². The van der Waals surface area contributed by atoms with Crippen LogP contribution in [0.2, 0.25) is 0 Å². The average Bonchev–Trinajstić information content (AvgIpc) is 3.14. The molecule has 1 aromatic carbocycles. The molecule has 3 rings (SSSR count). The first-order valence-electron chi connectivity index (χ1n) is 8.89. The molecule has 0 aliphatic carbocycles. The predicted octanol–water partition coefficient (Wildman–Crippen LogP) is 2.02. The molecule has 7 heteroatoms. The van der Waals surface area contributed by atoms with E-state index in [1.807, 2.05) is 35.2 Å². The lowest BCUT2D eigenvalue weighted by Crippen LogP contribution is -2.52. The van der Waals surface area contributed by atoms with Gasteiger partial charge in [0, 0.05) is 51.3 Å². The van der Waals surface area contributed by atoms with Gasteiger partial charge in [0.2, 0.25) is 11.8 Å². The summed E-state index contributed by atoms with van der Waals surface area (Å²) in [5.74, 6) is 1.22. The molecule has 1 aromatic heterocycles. The van der Waals surface area contributed by atoms with Crippen molar-refractivity contribution in [2.75, 3.05) is 39.3 Å². The number of piperazine rings is 1. The van der Waals surface area contributed by atoms with Crippen molar-refractivity contribution in [2.24, 2.45) is 0 Å². The Bertz CT molecular complexity index is 665. The van der Waals surface area contributed by atoms with Crippen LogP contribution in [0.3, 0.4) is 0 Å². The van der Waals surface area contributed by atoms with E-state index in [1.54, 1.807) is 0 Å². The molecule has 1 saturated heterocycles. The Hall–Kier alpha value is -2.41. The number of benzene rings is 1. The number of hydrogen-bond acceptors (Lipinski definition) is 5. The van der Waals surface area contributed by atoms with Crippen molar-refractivity contribution < 1.29 is 9.21 Å². The van der Waals surface area contributed by atoms with E-state index in [-0.39, 0.29) is 6.03 Å². The lowest BCUT2D eigenvalue weighted by atomic mass is 10.2. The highest BCUT2D eigenvalue weighted by atomic mass is 16.4. The molecule has 0 atom stereocenters. The maximum atomic E-state index is 11.9. The third-order valence-corrected chi connectivity index (χ3v) is 4.32. The van der Waals surface area contributed by atoms with E-state index in [1.165, 1.54) is 0 Å². The molecule has 1 aliphatic rings. The van der Waals surface area contributed by atoms with Crippen LogP contribution < -0.4 is 5.32 Å². The molecule has 0 radical (unpaired) electrons. The second-order valence-electron chi connectivity index (χ2n) is 6.18. The van der Waals surface area contributed by atoms with E-state index < -0.39 is 0 Å². The first-order valence-corrected chi connectivity index (χ1v) is 8.89. The SMILES string of the molecule is CCCNC(=O)N1CCN(CCc2nnc(-c3ccccc3)o2)CC1. The molecule has 0 spiro atoms. The highest BCUT2D eigenvalue weighted by molar-refractivity contribution is 5.74. The van der Waals surface area contributed by atoms with Gasteiger partial charge in [0.05, 0.1) is 0 Å². The topological polar surface area (TPSA) is 74.5 Å². The van der Waals surface area contributed by atoms with Crippen molar-refractivity contribution >= 4 is 6.03 Å². The van der Waals surface area contributed by atoms with E-state index >= 15 is 0 Å². The van der Waals surface area contributed by atoms with Gasteiger partial charge in [-0.2, -0.15) is 0 Å². The largest absolute Gasteiger partial charge is 0.421 e. The van der Waals surface area contributed by atoms with Crippen LogP contribution in [0.25, 0.3) is 11.5 Å². The zero-order valence-corrected chi connectivity index (χ0v) is 14.6. The smallest absolute Gasteiger partial charge is 0.317 e. The highest BCUT2D eigenvalue weighted by Gasteiger charge is 2.21. The second kappa shape index (κ2) is 8.62. The molecule has 1 N–H and O–H groups in total. The van der Waals surface area contributed by atoms with Crippen molar-refractivity contribution in [1.29, 1.82) is 0 Å². The lowest BCUT2D eigenvalue weighted by molar-refractivity contribution is 0.139. The van der Waals surface area contributed by atoms with E-state index in [0.29, 0.717) is 11.8 Å². The van der Waals surface area contributed by atoms with Gasteiger partial charge in [0.25, 0.3) is 0 Å². The van der Waals surface area contributed by atoms with Gasteiger partial charge < -0.3 is 14.6 Å². The van der Waals surface area contributed by atoms with Gasteiger partial charge in [0.1, 0.15) is 0 Å². The summed E-state index contributed by atoms with van der Waals surface area (Å²) in [5, 5.41) is 11.2. The van der Waals surface area contributed by atoms with Gasteiger partial charge in [-0.25, -0.2) is 4.79 Å². The first-order chi connectivity index (χ1) is 12.3.